The van der Waals surface area contributed by atoms with E-state index in [-0.39, 0.29) is 18.1 Å². The standard InChI is InChI=1S/C10H10F2O2/c1-2-8(13)6-14-10-5-7(11)3-4-9(10)12/h3-5H,2,6H2,1H3. The first-order valence-corrected chi connectivity index (χ1v) is 4.23. The van der Waals surface area contributed by atoms with Crippen LogP contribution < -0.4 is 4.74 Å². The van der Waals surface area contributed by atoms with Crippen molar-refractivity contribution >= 4 is 5.78 Å². The van der Waals surface area contributed by atoms with E-state index in [1.54, 1.807) is 6.92 Å². The molecule has 0 amide bonds. The molecule has 0 saturated heterocycles. The highest BCUT2D eigenvalue weighted by Crippen LogP contribution is 2.17. The van der Waals surface area contributed by atoms with E-state index in [1.807, 2.05) is 0 Å². The quantitative estimate of drug-likeness (QED) is 0.745. The number of hydrogen-bond donors (Lipinski definition) is 0. The van der Waals surface area contributed by atoms with Crippen molar-refractivity contribution in [1.29, 1.82) is 0 Å². The van der Waals surface area contributed by atoms with Crippen molar-refractivity contribution < 1.29 is 18.3 Å². The van der Waals surface area contributed by atoms with Crippen molar-refractivity contribution in [2.45, 2.75) is 13.3 Å². The largest absolute Gasteiger partial charge is 0.483 e. The number of ketones is 1. The number of carbonyl (C=O) groups is 1. The maximum absolute atomic E-state index is 12.9. The molecule has 0 bridgehead atoms. The third-order valence-corrected chi connectivity index (χ3v) is 1.68. The molecule has 0 fully saturated rings. The minimum atomic E-state index is -0.671. The van der Waals surface area contributed by atoms with Crippen LogP contribution in [0.1, 0.15) is 13.3 Å². The molecule has 0 aliphatic heterocycles. The summed E-state index contributed by atoms with van der Waals surface area (Å²) in [4.78, 5) is 10.8. The molecule has 14 heavy (non-hydrogen) atoms. The molecule has 1 rings (SSSR count). The number of carbonyl (C=O) groups excluding carboxylic acids is 1. The first-order valence-electron chi connectivity index (χ1n) is 4.23. The van der Waals surface area contributed by atoms with E-state index in [0.29, 0.717) is 6.42 Å². The Bertz CT molecular complexity index is 337. The minimum absolute atomic E-state index is 0.159. The summed E-state index contributed by atoms with van der Waals surface area (Å²) in [6.45, 7) is 1.45. The normalized spacial score (nSPS) is 9.93. The van der Waals surface area contributed by atoms with Crippen LogP contribution in [0.5, 0.6) is 5.75 Å². The molecule has 0 aliphatic rings. The Kier molecular flexibility index (Phi) is 3.56. The van der Waals surface area contributed by atoms with E-state index in [4.69, 9.17) is 4.74 Å². The summed E-state index contributed by atoms with van der Waals surface area (Å²) >= 11 is 0. The fraction of sp³-hybridized carbons (Fsp3) is 0.300. The highest BCUT2D eigenvalue weighted by molar-refractivity contribution is 5.79. The van der Waals surface area contributed by atoms with Gasteiger partial charge in [-0.05, 0) is 12.1 Å². The lowest BCUT2D eigenvalue weighted by Crippen LogP contribution is -2.10. The Hall–Kier alpha value is -1.45. The van der Waals surface area contributed by atoms with Gasteiger partial charge in [0.25, 0.3) is 0 Å². The fourth-order valence-corrected chi connectivity index (χ4v) is 0.848. The molecule has 0 spiro atoms. The molecular weight excluding hydrogens is 190 g/mol. The van der Waals surface area contributed by atoms with Crippen LogP contribution in [0.4, 0.5) is 8.78 Å². The van der Waals surface area contributed by atoms with E-state index in [1.165, 1.54) is 0 Å². The van der Waals surface area contributed by atoms with Gasteiger partial charge in [0.1, 0.15) is 12.4 Å². The van der Waals surface area contributed by atoms with Gasteiger partial charge < -0.3 is 4.74 Å². The Morgan fingerprint density at radius 1 is 1.43 bits per heavy atom. The predicted octanol–water partition coefficient (Wildman–Crippen LogP) is 2.32. The highest BCUT2D eigenvalue weighted by Gasteiger charge is 2.06. The molecule has 1 aromatic rings. The second kappa shape index (κ2) is 4.69. The van der Waals surface area contributed by atoms with E-state index in [9.17, 15) is 13.6 Å². The second-order valence-electron chi connectivity index (χ2n) is 2.76. The lowest BCUT2D eigenvalue weighted by Gasteiger charge is -2.05. The van der Waals surface area contributed by atoms with Crippen LogP contribution in [0.2, 0.25) is 0 Å². The average Bonchev–Trinajstić information content (AvgIpc) is 2.19. The molecule has 0 aromatic heterocycles. The predicted molar refractivity (Wildman–Crippen MR) is 47.2 cm³/mol. The zero-order valence-corrected chi connectivity index (χ0v) is 7.72. The molecule has 0 saturated carbocycles. The maximum Gasteiger partial charge on any atom is 0.169 e. The number of hydrogen-bond acceptors (Lipinski definition) is 2. The monoisotopic (exact) mass is 200 g/mol. The second-order valence-corrected chi connectivity index (χ2v) is 2.76. The van der Waals surface area contributed by atoms with Gasteiger partial charge in [-0.1, -0.05) is 6.92 Å². The molecule has 0 heterocycles. The molecule has 4 heteroatoms. The van der Waals surface area contributed by atoms with Gasteiger partial charge in [0.15, 0.2) is 17.3 Å². The van der Waals surface area contributed by atoms with Gasteiger partial charge in [0.05, 0.1) is 0 Å². The van der Waals surface area contributed by atoms with Crippen molar-refractivity contribution in [2.75, 3.05) is 6.61 Å². The summed E-state index contributed by atoms with van der Waals surface area (Å²) in [5, 5.41) is 0. The molecule has 2 nitrogen and oxygen atoms in total. The van der Waals surface area contributed by atoms with Crippen LogP contribution in [-0.2, 0) is 4.79 Å². The number of rotatable bonds is 4. The number of Topliss-reactive ketones (excluding diaryl/α,β-unsaturated/α-hetero) is 1. The van der Waals surface area contributed by atoms with E-state index in [0.717, 1.165) is 18.2 Å². The molecule has 0 aliphatic carbocycles. The molecule has 76 valence electrons. The Morgan fingerprint density at radius 2 is 2.14 bits per heavy atom. The third kappa shape index (κ3) is 2.80. The van der Waals surface area contributed by atoms with E-state index in [2.05, 4.69) is 0 Å². The zero-order valence-electron chi connectivity index (χ0n) is 7.72. The van der Waals surface area contributed by atoms with Crippen molar-refractivity contribution in [3.63, 3.8) is 0 Å². The van der Waals surface area contributed by atoms with Gasteiger partial charge in [-0.15, -0.1) is 0 Å². The Morgan fingerprint density at radius 3 is 2.79 bits per heavy atom. The lowest BCUT2D eigenvalue weighted by atomic mass is 10.3. The van der Waals surface area contributed by atoms with Crippen molar-refractivity contribution in [1.82, 2.24) is 0 Å². The van der Waals surface area contributed by atoms with Gasteiger partial charge in [0.2, 0.25) is 0 Å². The van der Waals surface area contributed by atoms with Gasteiger partial charge in [0, 0.05) is 12.5 Å². The number of benzene rings is 1. The van der Waals surface area contributed by atoms with Crippen LogP contribution in [0.15, 0.2) is 18.2 Å². The Balaban J connectivity index is 2.66. The third-order valence-electron chi connectivity index (χ3n) is 1.68. The summed E-state index contributed by atoms with van der Waals surface area (Å²) in [7, 11) is 0. The average molecular weight is 200 g/mol. The summed E-state index contributed by atoms with van der Waals surface area (Å²) in [5.41, 5.74) is 0. The summed E-state index contributed by atoms with van der Waals surface area (Å²) < 4.78 is 30.3. The van der Waals surface area contributed by atoms with Crippen LogP contribution in [-0.4, -0.2) is 12.4 Å². The van der Waals surface area contributed by atoms with Crippen LogP contribution >= 0.6 is 0 Å². The fourth-order valence-electron chi connectivity index (χ4n) is 0.848. The summed E-state index contributed by atoms with van der Waals surface area (Å²) in [6.07, 6.45) is 0.316. The van der Waals surface area contributed by atoms with Gasteiger partial charge >= 0.3 is 0 Å². The smallest absolute Gasteiger partial charge is 0.169 e. The summed E-state index contributed by atoms with van der Waals surface area (Å²) in [6, 6.07) is 2.86. The van der Waals surface area contributed by atoms with Gasteiger partial charge in [-0.2, -0.15) is 0 Å². The molecule has 0 unspecified atom stereocenters. The molecule has 1 aromatic carbocycles. The number of ether oxygens (including phenoxy) is 1. The van der Waals surface area contributed by atoms with E-state index >= 15 is 0 Å². The SMILES string of the molecule is CCC(=O)COc1cc(F)ccc1F. The van der Waals surface area contributed by atoms with Crippen molar-refractivity contribution in [3.05, 3.63) is 29.8 Å². The van der Waals surface area contributed by atoms with Gasteiger partial charge in [-0.3, -0.25) is 4.79 Å². The minimum Gasteiger partial charge on any atom is -0.483 e. The van der Waals surface area contributed by atoms with Crippen molar-refractivity contribution in [2.24, 2.45) is 0 Å². The molecular formula is C10H10F2O2. The lowest BCUT2D eigenvalue weighted by molar-refractivity contribution is -0.120. The molecule has 0 atom stereocenters. The zero-order chi connectivity index (χ0) is 10.6. The highest BCUT2D eigenvalue weighted by atomic mass is 19.1. The van der Waals surface area contributed by atoms with Crippen LogP contribution in [0.3, 0.4) is 0 Å². The van der Waals surface area contributed by atoms with Crippen molar-refractivity contribution in [3.8, 4) is 5.75 Å². The van der Waals surface area contributed by atoms with Crippen LogP contribution in [0.25, 0.3) is 0 Å². The van der Waals surface area contributed by atoms with E-state index < -0.39 is 11.6 Å². The summed E-state index contributed by atoms with van der Waals surface area (Å²) in [5.74, 6) is -1.65. The van der Waals surface area contributed by atoms with Crippen LogP contribution in [0, 0.1) is 11.6 Å². The first kappa shape index (κ1) is 10.6. The first-order chi connectivity index (χ1) is 6.63. The topological polar surface area (TPSA) is 26.3 Å². The molecule has 0 radical (unpaired) electrons. The number of halogens is 2. The maximum atomic E-state index is 12.9. The Labute approximate surface area is 80.5 Å². The van der Waals surface area contributed by atoms with Gasteiger partial charge in [-0.25, -0.2) is 8.78 Å². The molecule has 0 N–H and O–H groups in total.